The van der Waals surface area contributed by atoms with Crippen molar-refractivity contribution in [1.29, 1.82) is 0 Å². The van der Waals surface area contributed by atoms with E-state index in [2.05, 4.69) is 5.32 Å². The molecule has 4 aromatic rings. The molecule has 0 saturated heterocycles. The van der Waals surface area contributed by atoms with Gasteiger partial charge in [0.2, 0.25) is 0 Å². The average Bonchev–Trinajstić information content (AvgIpc) is 3.24. The fourth-order valence-electron chi connectivity index (χ4n) is 3.27. The molecule has 0 saturated carbocycles. The van der Waals surface area contributed by atoms with Gasteiger partial charge in [0.1, 0.15) is 0 Å². The quantitative estimate of drug-likeness (QED) is 0.268. The first kappa shape index (κ1) is 22.8. The van der Waals surface area contributed by atoms with Crippen LogP contribution in [0.25, 0.3) is 22.3 Å². The van der Waals surface area contributed by atoms with E-state index < -0.39 is 12.0 Å². The summed E-state index contributed by atoms with van der Waals surface area (Å²) in [6.45, 7) is -0.0448. The molecule has 0 bridgehead atoms. The Morgan fingerprint density at radius 1 is 0.939 bits per heavy atom. The van der Waals surface area contributed by atoms with Crippen LogP contribution in [0.1, 0.15) is 5.56 Å². The summed E-state index contributed by atoms with van der Waals surface area (Å²) >= 11 is -0.109. The van der Waals surface area contributed by atoms with Gasteiger partial charge < -0.3 is 0 Å². The molecule has 7 heteroatoms. The van der Waals surface area contributed by atoms with Crippen LogP contribution in [0.4, 0.5) is 0 Å². The normalized spacial score (nSPS) is 11.8. The molecule has 4 rings (SSSR count). The van der Waals surface area contributed by atoms with Crippen LogP contribution < -0.4 is 15.5 Å². The van der Waals surface area contributed by atoms with Gasteiger partial charge in [-0.05, 0) is 0 Å². The molecular formula is C26H24N2O4Se. The molecular weight excluding hydrogens is 483 g/mol. The Labute approximate surface area is 198 Å². The van der Waals surface area contributed by atoms with E-state index in [-0.39, 0.29) is 34.0 Å². The Balaban J connectivity index is 1.34. The molecule has 0 radical (unpaired) electrons. The number of hydrogen-bond donors (Lipinski definition) is 2. The molecule has 1 atom stereocenters. The second-order valence-corrected chi connectivity index (χ2v) is 9.57. The van der Waals surface area contributed by atoms with E-state index in [1.807, 2.05) is 84.9 Å². The molecule has 0 aliphatic rings. The van der Waals surface area contributed by atoms with E-state index in [4.69, 9.17) is 14.9 Å². The third-order valence-electron chi connectivity index (χ3n) is 4.98. The number of para-hydroxylation sites is 1. The van der Waals surface area contributed by atoms with Crippen LogP contribution in [0.5, 0.6) is 0 Å². The number of nitrogens with two attached hydrogens (primary N) is 1. The summed E-state index contributed by atoms with van der Waals surface area (Å²) in [4.78, 5) is 24.4. The summed E-state index contributed by atoms with van der Waals surface area (Å²) in [6.07, 6.45) is 0. The van der Waals surface area contributed by atoms with Crippen LogP contribution >= 0.6 is 0 Å². The number of amides is 1. The van der Waals surface area contributed by atoms with E-state index in [0.29, 0.717) is 5.32 Å². The number of benzene rings is 3. The van der Waals surface area contributed by atoms with E-state index in [0.717, 1.165) is 32.3 Å². The fourth-order valence-corrected chi connectivity index (χ4v) is 5.61. The van der Waals surface area contributed by atoms with Gasteiger partial charge in [0, 0.05) is 0 Å². The molecule has 33 heavy (non-hydrogen) atoms. The van der Waals surface area contributed by atoms with Gasteiger partial charge in [-0.3, -0.25) is 0 Å². The van der Waals surface area contributed by atoms with Crippen molar-refractivity contribution in [3.8, 4) is 11.3 Å². The van der Waals surface area contributed by atoms with Gasteiger partial charge in [-0.2, -0.15) is 0 Å². The summed E-state index contributed by atoms with van der Waals surface area (Å²) in [6, 6.07) is 26.4. The van der Waals surface area contributed by atoms with E-state index >= 15 is 0 Å². The van der Waals surface area contributed by atoms with Crippen molar-refractivity contribution >= 4 is 42.3 Å². The van der Waals surface area contributed by atoms with Crippen molar-refractivity contribution in [2.45, 2.75) is 18.0 Å². The van der Waals surface area contributed by atoms with Gasteiger partial charge in [0.15, 0.2) is 0 Å². The third kappa shape index (κ3) is 5.90. The Bertz CT molecular complexity index is 1230. The van der Waals surface area contributed by atoms with E-state index in [1.54, 1.807) is 0 Å². The number of nitrogens with one attached hydrogen (secondary N) is 1. The number of hydrogen-bond acceptors (Lipinski definition) is 5. The average molecular weight is 507 g/mol. The summed E-state index contributed by atoms with van der Waals surface area (Å²) < 4.78 is 12.4. The van der Waals surface area contributed by atoms with Crippen molar-refractivity contribution < 1.29 is 18.7 Å². The molecule has 0 aliphatic heterocycles. The van der Waals surface area contributed by atoms with Gasteiger partial charge >= 0.3 is 198 Å². The molecule has 0 aliphatic carbocycles. The SMILES string of the molecule is N[C@@H](C[Se]c1c(-c2ccccc2)oc2ccccc12)C(=O)NCC(=O)OCc1ccccc1. The van der Waals surface area contributed by atoms with Crippen molar-refractivity contribution in [1.82, 2.24) is 5.32 Å². The van der Waals surface area contributed by atoms with Gasteiger partial charge in [0.05, 0.1) is 0 Å². The molecule has 3 aromatic carbocycles. The molecule has 1 amide bonds. The Hall–Kier alpha value is -3.38. The van der Waals surface area contributed by atoms with Crippen LogP contribution in [0.15, 0.2) is 89.3 Å². The summed E-state index contributed by atoms with van der Waals surface area (Å²) in [7, 11) is 0. The first-order valence-electron chi connectivity index (χ1n) is 10.5. The second kappa shape index (κ2) is 11.0. The minimum absolute atomic E-state index is 0.109. The van der Waals surface area contributed by atoms with Gasteiger partial charge in [0.25, 0.3) is 0 Å². The Kier molecular flexibility index (Phi) is 7.58. The topological polar surface area (TPSA) is 94.6 Å². The second-order valence-electron chi connectivity index (χ2n) is 7.40. The van der Waals surface area contributed by atoms with E-state index in [1.165, 1.54) is 0 Å². The molecule has 1 heterocycles. The first-order chi connectivity index (χ1) is 16.1. The van der Waals surface area contributed by atoms with Crippen LogP contribution in [0.3, 0.4) is 0 Å². The number of ether oxygens (including phenoxy) is 1. The van der Waals surface area contributed by atoms with Crippen LogP contribution in [0.2, 0.25) is 5.32 Å². The van der Waals surface area contributed by atoms with Crippen molar-refractivity contribution in [2.75, 3.05) is 6.54 Å². The number of furan rings is 1. The van der Waals surface area contributed by atoms with Crippen molar-refractivity contribution in [2.24, 2.45) is 5.73 Å². The molecule has 1 aromatic heterocycles. The first-order valence-corrected chi connectivity index (χ1v) is 12.6. The predicted octanol–water partition coefficient (Wildman–Crippen LogP) is 3.03. The van der Waals surface area contributed by atoms with Crippen molar-refractivity contribution in [3.05, 3.63) is 90.5 Å². The zero-order chi connectivity index (χ0) is 23.0. The molecule has 0 fully saturated rings. The maximum absolute atomic E-state index is 12.4. The van der Waals surface area contributed by atoms with E-state index in [9.17, 15) is 9.59 Å². The number of rotatable bonds is 9. The number of carbonyl (C=O) groups is 2. The maximum atomic E-state index is 12.4. The van der Waals surface area contributed by atoms with Crippen LogP contribution in [-0.2, 0) is 20.9 Å². The Morgan fingerprint density at radius 2 is 1.61 bits per heavy atom. The number of fused-ring (bicyclic) bond motifs is 1. The van der Waals surface area contributed by atoms with Gasteiger partial charge in [-0.1, -0.05) is 0 Å². The molecule has 0 spiro atoms. The summed E-state index contributed by atoms with van der Waals surface area (Å²) in [5.41, 5.74) is 8.83. The molecule has 6 nitrogen and oxygen atoms in total. The zero-order valence-corrected chi connectivity index (χ0v) is 19.6. The number of esters is 1. The summed E-state index contributed by atoms with van der Waals surface area (Å²) in [5.74, 6) is -0.0615. The van der Waals surface area contributed by atoms with Gasteiger partial charge in [-0.25, -0.2) is 0 Å². The Morgan fingerprint density at radius 3 is 2.36 bits per heavy atom. The standard InChI is InChI=1S/C26H24N2O4Se/c27-21(26(30)28-15-23(29)31-16-18-9-3-1-4-10-18)17-33-25-20-13-7-8-14-22(20)32-24(25)19-11-5-2-6-12-19/h1-14,21H,15-17,27H2,(H,28,30)/t21-/m0/s1. The van der Waals surface area contributed by atoms with Crippen LogP contribution in [0, 0.1) is 0 Å². The van der Waals surface area contributed by atoms with Crippen LogP contribution in [-0.4, -0.2) is 39.4 Å². The molecule has 3 N–H and O–H groups in total. The number of carbonyl (C=O) groups excluding carboxylic acids is 2. The third-order valence-corrected chi connectivity index (χ3v) is 7.54. The predicted molar refractivity (Wildman–Crippen MR) is 129 cm³/mol. The minimum atomic E-state index is -0.732. The zero-order valence-electron chi connectivity index (χ0n) is 17.9. The van der Waals surface area contributed by atoms with Gasteiger partial charge in [-0.15, -0.1) is 0 Å². The molecule has 168 valence electrons. The summed E-state index contributed by atoms with van der Waals surface area (Å²) in [5, 5.41) is 4.09. The molecule has 0 unspecified atom stereocenters. The monoisotopic (exact) mass is 508 g/mol. The fraction of sp³-hybridized carbons (Fsp3) is 0.154. The van der Waals surface area contributed by atoms with Crippen molar-refractivity contribution in [3.63, 3.8) is 0 Å².